The zero-order valence-corrected chi connectivity index (χ0v) is 10.5. The molecule has 7 heteroatoms. The monoisotopic (exact) mass is 288 g/mol. The second-order valence-electron chi connectivity index (χ2n) is 3.91. The van der Waals surface area contributed by atoms with Crippen molar-refractivity contribution in [3.63, 3.8) is 0 Å². The van der Waals surface area contributed by atoms with Crippen LogP contribution in [0.4, 0.5) is 13.2 Å². The summed E-state index contributed by atoms with van der Waals surface area (Å²) in [6, 6.07) is 5.94. The van der Waals surface area contributed by atoms with Crippen molar-refractivity contribution in [3.8, 4) is 11.1 Å². The highest BCUT2D eigenvalue weighted by molar-refractivity contribution is 6.29. The highest BCUT2D eigenvalue weighted by atomic mass is 35.5. The molecule has 1 aromatic carbocycles. The van der Waals surface area contributed by atoms with Crippen molar-refractivity contribution in [1.82, 2.24) is 5.10 Å². The van der Waals surface area contributed by atoms with Gasteiger partial charge in [-0.1, -0.05) is 28.6 Å². The third-order valence-electron chi connectivity index (χ3n) is 2.65. The van der Waals surface area contributed by atoms with Crippen molar-refractivity contribution >= 4 is 11.6 Å². The molecule has 100 valence electrons. The van der Waals surface area contributed by atoms with E-state index in [9.17, 15) is 18.4 Å². The molecule has 0 N–H and O–H groups in total. The van der Waals surface area contributed by atoms with Gasteiger partial charge in [-0.2, -0.15) is 13.2 Å². The van der Waals surface area contributed by atoms with Crippen LogP contribution in [-0.2, 0) is 6.18 Å². The molecule has 0 saturated carbocycles. The Bertz CT molecular complexity index is 612. The van der Waals surface area contributed by atoms with E-state index in [0.29, 0.717) is 16.0 Å². The minimum Gasteiger partial charge on any atom is -0.594 e. The lowest BCUT2D eigenvalue weighted by Crippen LogP contribution is -2.35. The Morgan fingerprint density at radius 2 is 1.79 bits per heavy atom. The van der Waals surface area contributed by atoms with E-state index >= 15 is 0 Å². The van der Waals surface area contributed by atoms with E-state index < -0.39 is 11.7 Å². The molecule has 0 aliphatic heterocycles. The molecule has 2 rings (SSSR count). The number of nitrogens with zero attached hydrogens (tertiary/aromatic N) is 2. The van der Waals surface area contributed by atoms with Gasteiger partial charge in [0.1, 0.15) is 0 Å². The van der Waals surface area contributed by atoms with Crippen molar-refractivity contribution in [2.75, 3.05) is 0 Å². The fraction of sp³-hybridized carbons (Fsp3) is 0.167. The van der Waals surface area contributed by atoms with Crippen LogP contribution in [0.15, 0.2) is 30.3 Å². The highest BCUT2D eigenvalue weighted by Crippen LogP contribution is 2.31. The van der Waals surface area contributed by atoms with Crippen molar-refractivity contribution in [1.29, 1.82) is 0 Å². The van der Waals surface area contributed by atoms with Crippen LogP contribution >= 0.6 is 11.6 Å². The smallest absolute Gasteiger partial charge is 0.416 e. The van der Waals surface area contributed by atoms with Crippen molar-refractivity contribution < 1.29 is 18.0 Å². The SMILES string of the molecule is Cc1c(-c2ccc(C(F)(F)F)cc2)cc(Cl)n[n+]1[O-]. The van der Waals surface area contributed by atoms with Crippen LogP contribution in [0.2, 0.25) is 5.15 Å². The molecule has 2 aromatic rings. The average molecular weight is 289 g/mol. The van der Waals surface area contributed by atoms with Gasteiger partial charge in [-0.15, -0.1) is 0 Å². The topological polar surface area (TPSA) is 39.8 Å². The fourth-order valence-electron chi connectivity index (χ4n) is 1.65. The van der Waals surface area contributed by atoms with Crippen molar-refractivity contribution in [3.05, 3.63) is 51.9 Å². The van der Waals surface area contributed by atoms with Gasteiger partial charge in [-0.3, -0.25) is 0 Å². The van der Waals surface area contributed by atoms with Crippen molar-refractivity contribution in [2.24, 2.45) is 0 Å². The summed E-state index contributed by atoms with van der Waals surface area (Å²) in [5.41, 5.74) is 0.441. The predicted molar refractivity (Wildman–Crippen MR) is 63.4 cm³/mol. The maximum absolute atomic E-state index is 12.4. The summed E-state index contributed by atoms with van der Waals surface area (Å²) in [4.78, 5) is 0.343. The minimum atomic E-state index is -4.39. The predicted octanol–water partition coefficient (Wildman–Crippen LogP) is 3.36. The molecule has 0 spiro atoms. The van der Waals surface area contributed by atoms with Crippen LogP contribution in [0.5, 0.6) is 0 Å². The fourth-order valence-corrected chi connectivity index (χ4v) is 1.83. The first-order valence-electron chi connectivity index (χ1n) is 5.23. The molecule has 0 amide bonds. The molecule has 1 aromatic heterocycles. The van der Waals surface area contributed by atoms with Crippen LogP contribution in [0.25, 0.3) is 11.1 Å². The lowest BCUT2D eigenvalue weighted by atomic mass is 10.0. The Labute approximate surface area is 111 Å². The summed E-state index contributed by atoms with van der Waals surface area (Å²) in [7, 11) is 0. The molecule has 0 fully saturated rings. The Balaban J connectivity index is 2.49. The number of aromatic nitrogens is 2. The van der Waals surface area contributed by atoms with E-state index in [1.54, 1.807) is 0 Å². The average Bonchev–Trinajstić information content (AvgIpc) is 2.33. The summed E-state index contributed by atoms with van der Waals surface area (Å²) >= 11 is 5.66. The first-order chi connectivity index (χ1) is 8.79. The Morgan fingerprint density at radius 1 is 1.21 bits per heavy atom. The molecule has 0 unspecified atom stereocenters. The van der Waals surface area contributed by atoms with E-state index in [4.69, 9.17) is 11.6 Å². The largest absolute Gasteiger partial charge is 0.594 e. The van der Waals surface area contributed by atoms with Gasteiger partial charge < -0.3 is 5.21 Å². The molecule has 3 nitrogen and oxygen atoms in total. The zero-order valence-electron chi connectivity index (χ0n) is 9.70. The van der Waals surface area contributed by atoms with E-state index in [0.717, 1.165) is 12.1 Å². The third-order valence-corrected chi connectivity index (χ3v) is 2.83. The third kappa shape index (κ3) is 2.78. The molecule has 0 aliphatic rings. The first kappa shape index (κ1) is 13.6. The molecule has 0 atom stereocenters. The number of alkyl halides is 3. The van der Waals surface area contributed by atoms with Gasteiger partial charge in [0.15, 0.2) is 5.15 Å². The summed E-state index contributed by atoms with van der Waals surface area (Å²) in [5.74, 6) is 0. The molecular formula is C12H8ClF3N2O. The quantitative estimate of drug-likeness (QED) is 0.596. The summed E-state index contributed by atoms with van der Waals surface area (Å²) in [6.45, 7) is 1.52. The molecule has 0 saturated heterocycles. The van der Waals surface area contributed by atoms with E-state index in [-0.39, 0.29) is 10.8 Å². The molecule has 1 heterocycles. The van der Waals surface area contributed by atoms with Gasteiger partial charge in [-0.05, 0) is 23.8 Å². The zero-order chi connectivity index (χ0) is 14.2. The second kappa shape index (κ2) is 4.70. The van der Waals surface area contributed by atoms with Gasteiger partial charge in [0.25, 0.3) is 0 Å². The van der Waals surface area contributed by atoms with Crippen LogP contribution < -0.4 is 4.85 Å². The van der Waals surface area contributed by atoms with Crippen LogP contribution in [-0.4, -0.2) is 5.10 Å². The lowest BCUT2D eigenvalue weighted by molar-refractivity contribution is -0.674. The number of hydrogen-bond acceptors (Lipinski definition) is 2. The number of rotatable bonds is 1. The van der Waals surface area contributed by atoms with Gasteiger partial charge in [0, 0.05) is 12.0 Å². The molecule has 0 aliphatic carbocycles. The maximum atomic E-state index is 12.4. The van der Waals surface area contributed by atoms with E-state index in [1.165, 1.54) is 25.1 Å². The lowest BCUT2D eigenvalue weighted by Gasteiger charge is -2.09. The maximum Gasteiger partial charge on any atom is 0.416 e. The Kier molecular flexibility index (Phi) is 3.36. The van der Waals surface area contributed by atoms with Crippen LogP contribution in [0, 0.1) is 12.1 Å². The van der Waals surface area contributed by atoms with Crippen LogP contribution in [0.1, 0.15) is 11.3 Å². The first-order valence-corrected chi connectivity index (χ1v) is 5.61. The summed E-state index contributed by atoms with van der Waals surface area (Å²) in [6.07, 6.45) is -4.39. The van der Waals surface area contributed by atoms with Gasteiger partial charge in [0.2, 0.25) is 5.69 Å². The van der Waals surface area contributed by atoms with E-state index in [1.807, 2.05) is 0 Å². The molecule has 0 radical (unpaired) electrons. The van der Waals surface area contributed by atoms with E-state index in [2.05, 4.69) is 5.10 Å². The highest BCUT2D eigenvalue weighted by Gasteiger charge is 2.30. The number of benzene rings is 1. The number of hydrogen-bond donors (Lipinski definition) is 0. The summed E-state index contributed by atoms with van der Waals surface area (Å²) in [5, 5.41) is 14.8. The minimum absolute atomic E-state index is 0.0181. The van der Waals surface area contributed by atoms with Gasteiger partial charge in [0.05, 0.1) is 11.1 Å². The Morgan fingerprint density at radius 3 is 2.32 bits per heavy atom. The molecular weight excluding hydrogens is 281 g/mol. The van der Waals surface area contributed by atoms with Crippen molar-refractivity contribution in [2.45, 2.75) is 13.1 Å². The molecule has 0 bridgehead atoms. The standard InChI is InChI=1S/C12H8ClF3N2O/c1-7-10(6-11(13)17-18(7)19)8-2-4-9(5-3-8)12(14,15)16/h2-6H,1H3. The van der Waals surface area contributed by atoms with Crippen LogP contribution in [0.3, 0.4) is 0 Å². The van der Waals surface area contributed by atoms with Gasteiger partial charge >= 0.3 is 6.18 Å². The summed E-state index contributed by atoms with van der Waals surface area (Å²) < 4.78 is 37.3. The van der Waals surface area contributed by atoms with Gasteiger partial charge in [-0.25, -0.2) is 0 Å². The normalized spacial score (nSPS) is 11.6. The Hall–Kier alpha value is -1.82. The molecule has 19 heavy (non-hydrogen) atoms. The number of halogens is 4. The second-order valence-corrected chi connectivity index (χ2v) is 4.30.